The number of aliphatic hydroxyl groups is 1. The van der Waals surface area contributed by atoms with Crippen LogP contribution >= 0.6 is 0 Å². The van der Waals surface area contributed by atoms with Gasteiger partial charge in [-0.05, 0) is 23.8 Å². The predicted molar refractivity (Wildman–Crippen MR) is 72.7 cm³/mol. The van der Waals surface area contributed by atoms with Gasteiger partial charge in [0.2, 0.25) is 0 Å². The van der Waals surface area contributed by atoms with Crippen LogP contribution in [-0.2, 0) is 6.54 Å². The quantitative estimate of drug-likeness (QED) is 0.835. The Bertz CT molecular complexity index is 523. The molecule has 0 aromatic heterocycles. The molecule has 0 bridgehead atoms. The zero-order valence-corrected chi connectivity index (χ0v) is 10.9. The van der Waals surface area contributed by atoms with E-state index in [0.29, 0.717) is 6.54 Å². The maximum absolute atomic E-state index is 9.31. The molecule has 0 aliphatic rings. The SMILES string of the molecule is COc1ccc2ccccc2c1C[NH2+]C[C@@H](C)O. The van der Waals surface area contributed by atoms with E-state index in [1.807, 2.05) is 18.2 Å². The molecule has 0 aliphatic heterocycles. The molecule has 2 aromatic rings. The maximum atomic E-state index is 9.31. The van der Waals surface area contributed by atoms with Crippen molar-refractivity contribution in [2.24, 2.45) is 0 Å². The van der Waals surface area contributed by atoms with E-state index in [2.05, 4.69) is 23.5 Å². The molecule has 0 saturated carbocycles. The number of hydrogen-bond acceptors (Lipinski definition) is 2. The Morgan fingerprint density at radius 1 is 1.22 bits per heavy atom. The molecular formula is C15H20NO2+. The summed E-state index contributed by atoms with van der Waals surface area (Å²) in [5.41, 5.74) is 1.19. The molecule has 0 spiro atoms. The normalized spacial score (nSPS) is 12.6. The van der Waals surface area contributed by atoms with Crippen molar-refractivity contribution in [3.05, 3.63) is 42.0 Å². The average Bonchev–Trinajstić information content (AvgIpc) is 2.38. The molecule has 0 heterocycles. The molecule has 3 heteroatoms. The number of ether oxygens (including phenoxy) is 1. The molecule has 96 valence electrons. The van der Waals surface area contributed by atoms with E-state index in [-0.39, 0.29) is 6.10 Å². The summed E-state index contributed by atoms with van der Waals surface area (Å²) in [6.45, 7) is 3.32. The highest BCUT2D eigenvalue weighted by molar-refractivity contribution is 5.87. The third kappa shape index (κ3) is 2.81. The number of fused-ring (bicyclic) bond motifs is 1. The Hall–Kier alpha value is -1.58. The molecule has 0 amide bonds. The highest BCUT2D eigenvalue weighted by Gasteiger charge is 2.10. The van der Waals surface area contributed by atoms with Gasteiger partial charge in [-0.2, -0.15) is 0 Å². The van der Waals surface area contributed by atoms with Crippen molar-refractivity contribution in [1.82, 2.24) is 0 Å². The molecule has 3 N–H and O–H groups in total. The third-order valence-electron chi connectivity index (χ3n) is 3.07. The third-order valence-corrected chi connectivity index (χ3v) is 3.07. The van der Waals surface area contributed by atoms with Gasteiger partial charge in [0, 0.05) is 0 Å². The molecule has 0 unspecified atom stereocenters. The minimum Gasteiger partial charge on any atom is -0.496 e. The molecule has 0 radical (unpaired) electrons. The Balaban J connectivity index is 2.32. The molecule has 2 aromatic carbocycles. The summed E-state index contributed by atoms with van der Waals surface area (Å²) in [7, 11) is 1.70. The van der Waals surface area contributed by atoms with Crippen molar-refractivity contribution in [3.63, 3.8) is 0 Å². The minimum atomic E-state index is -0.286. The second-order valence-electron chi connectivity index (χ2n) is 4.55. The largest absolute Gasteiger partial charge is 0.496 e. The van der Waals surface area contributed by atoms with E-state index < -0.39 is 0 Å². The van der Waals surface area contributed by atoms with Crippen molar-refractivity contribution < 1.29 is 15.2 Å². The van der Waals surface area contributed by atoms with Gasteiger partial charge in [-0.15, -0.1) is 0 Å². The zero-order chi connectivity index (χ0) is 13.0. The molecule has 0 fully saturated rings. The van der Waals surface area contributed by atoms with Crippen molar-refractivity contribution >= 4 is 10.8 Å². The zero-order valence-electron chi connectivity index (χ0n) is 10.9. The van der Waals surface area contributed by atoms with Crippen LogP contribution in [0, 0.1) is 0 Å². The first-order valence-corrected chi connectivity index (χ1v) is 6.26. The Kier molecular flexibility index (Phi) is 4.18. The average molecular weight is 246 g/mol. The number of hydrogen-bond donors (Lipinski definition) is 2. The molecule has 2 rings (SSSR count). The van der Waals surface area contributed by atoms with Gasteiger partial charge in [0.25, 0.3) is 0 Å². The second-order valence-corrected chi connectivity index (χ2v) is 4.55. The van der Waals surface area contributed by atoms with Crippen molar-refractivity contribution in [2.75, 3.05) is 13.7 Å². The van der Waals surface area contributed by atoms with E-state index in [0.717, 1.165) is 12.3 Å². The van der Waals surface area contributed by atoms with E-state index in [4.69, 9.17) is 4.74 Å². The van der Waals surface area contributed by atoms with E-state index in [1.54, 1.807) is 14.0 Å². The van der Waals surface area contributed by atoms with Crippen LogP contribution in [0.5, 0.6) is 5.75 Å². The Morgan fingerprint density at radius 3 is 2.72 bits per heavy atom. The summed E-state index contributed by atoms with van der Waals surface area (Å²) in [4.78, 5) is 0. The first-order valence-electron chi connectivity index (χ1n) is 6.26. The lowest BCUT2D eigenvalue weighted by molar-refractivity contribution is -0.675. The fourth-order valence-corrected chi connectivity index (χ4v) is 2.19. The highest BCUT2D eigenvalue weighted by atomic mass is 16.5. The summed E-state index contributed by atoms with van der Waals surface area (Å²) in [5, 5.41) is 13.9. The van der Waals surface area contributed by atoms with Crippen LogP contribution in [0.15, 0.2) is 36.4 Å². The first-order chi connectivity index (χ1) is 8.72. The lowest BCUT2D eigenvalue weighted by Gasteiger charge is -2.11. The summed E-state index contributed by atoms with van der Waals surface area (Å²) in [6.07, 6.45) is -0.286. The van der Waals surface area contributed by atoms with Gasteiger partial charge in [0.1, 0.15) is 18.8 Å². The van der Waals surface area contributed by atoms with Gasteiger partial charge < -0.3 is 15.2 Å². The van der Waals surface area contributed by atoms with Gasteiger partial charge in [-0.25, -0.2) is 0 Å². The van der Waals surface area contributed by atoms with Crippen molar-refractivity contribution in [3.8, 4) is 5.75 Å². The van der Waals surface area contributed by atoms with Gasteiger partial charge in [0.05, 0.1) is 18.8 Å². The monoisotopic (exact) mass is 246 g/mol. The predicted octanol–water partition coefficient (Wildman–Crippen LogP) is 1.29. The lowest BCUT2D eigenvalue weighted by Crippen LogP contribution is -2.84. The number of methoxy groups -OCH3 is 1. The van der Waals surface area contributed by atoms with Crippen molar-refractivity contribution in [1.29, 1.82) is 0 Å². The van der Waals surface area contributed by atoms with Gasteiger partial charge in [-0.3, -0.25) is 0 Å². The Morgan fingerprint density at radius 2 is 2.00 bits per heavy atom. The second kappa shape index (κ2) is 5.85. The van der Waals surface area contributed by atoms with Crippen LogP contribution in [0.2, 0.25) is 0 Å². The van der Waals surface area contributed by atoms with E-state index in [9.17, 15) is 5.11 Å². The van der Waals surface area contributed by atoms with Crippen LogP contribution < -0.4 is 10.1 Å². The van der Waals surface area contributed by atoms with Crippen LogP contribution in [0.25, 0.3) is 10.8 Å². The molecule has 18 heavy (non-hydrogen) atoms. The van der Waals surface area contributed by atoms with Crippen LogP contribution in [0.4, 0.5) is 0 Å². The standard InChI is InChI=1S/C15H19NO2/c1-11(17)9-16-10-14-13-6-4-3-5-12(13)7-8-15(14)18-2/h3-8,11,16-17H,9-10H2,1-2H3/p+1/t11-/m1/s1. The van der Waals surface area contributed by atoms with Gasteiger partial charge in [-0.1, -0.05) is 30.3 Å². The molecule has 0 saturated heterocycles. The summed E-state index contributed by atoms with van der Waals surface area (Å²) in [6, 6.07) is 12.4. The summed E-state index contributed by atoms with van der Waals surface area (Å²) < 4.78 is 5.43. The number of benzene rings is 2. The summed E-state index contributed by atoms with van der Waals surface area (Å²) >= 11 is 0. The van der Waals surface area contributed by atoms with Crippen LogP contribution in [-0.4, -0.2) is 24.9 Å². The summed E-state index contributed by atoms with van der Waals surface area (Å²) in [5.74, 6) is 0.913. The highest BCUT2D eigenvalue weighted by Crippen LogP contribution is 2.26. The fourth-order valence-electron chi connectivity index (χ4n) is 2.19. The van der Waals surface area contributed by atoms with Gasteiger partial charge >= 0.3 is 0 Å². The Labute approximate surface area is 107 Å². The number of nitrogens with two attached hydrogens (primary N) is 1. The molecule has 0 aliphatic carbocycles. The molecule has 3 nitrogen and oxygen atoms in total. The maximum Gasteiger partial charge on any atom is 0.128 e. The minimum absolute atomic E-state index is 0.286. The first kappa shape index (κ1) is 12.9. The number of rotatable bonds is 5. The van der Waals surface area contributed by atoms with E-state index >= 15 is 0 Å². The molecular weight excluding hydrogens is 226 g/mol. The fraction of sp³-hybridized carbons (Fsp3) is 0.333. The molecule has 1 atom stereocenters. The van der Waals surface area contributed by atoms with E-state index in [1.165, 1.54) is 16.3 Å². The topological polar surface area (TPSA) is 46.1 Å². The van der Waals surface area contributed by atoms with Crippen molar-refractivity contribution in [2.45, 2.75) is 19.6 Å². The number of aliphatic hydroxyl groups excluding tert-OH is 1. The number of quaternary nitrogens is 1. The smallest absolute Gasteiger partial charge is 0.128 e. The van der Waals surface area contributed by atoms with Crippen LogP contribution in [0.1, 0.15) is 12.5 Å². The van der Waals surface area contributed by atoms with Gasteiger partial charge in [0.15, 0.2) is 0 Å². The van der Waals surface area contributed by atoms with Crippen LogP contribution in [0.3, 0.4) is 0 Å². The lowest BCUT2D eigenvalue weighted by atomic mass is 10.0.